The molecule has 0 unspecified atom stereocenters. The van der Waals surface area contributed by atoms with E-state index in [0.29, 0.717) is 0 Å². The monoisotopic (exact) mass is 610 g/mol. The van der Waals surface area contributed by atoms with Gasteiger partial charge in [0.25, 0.3) is 0 Å². The van der Waals surface area contributed by atoms with Crippen molar-refractivity contribution in [1.82, 2.24) is 5.32 Å². The first kappa shape index (κ1) is 44.3. The van der Waals surface area contributed by atoms with Crippen molar-refractivity contribution in [2.75, 3.05) is 13.1 Å². The zero-order chi connectivity index (χ0) is 31.0. The Morgan fingerprint density at radius 1 is 0.262 bits per heavy atom. The molecule has 0 heterocycles. The van der Waals surface area contributed by atoms with E-state index in [1.165, 1.54) is 186 Å². The highest BCUT2D eigenvalue weighted by molar-refractivity contribution is 6.58. The fraction of sp³-hybridized carbons (Fsp3) is 1.00. The van der Waals surface area contributed by atoms with Gasteiger partial charge >= 0.3 is 0 Å². The molecule has 0 spiro atoms. The Morgan fingerprint density at radius 3 is 0.738 bits per heavy atom. The van der Waals surface area contributed by atoms with Gasteiger partial charge in [-0.15, -0.1) is 0 Å². The van der Waals surface area contributed by atoms with Crippen LogP contribution in [0.3, 0.4) is 0 Å². The van der Waals surface area contributed by atoms with Crippen molar-refractivity contribution in [3.05, 3.63) is 0 Å². The Bertz CT molecular complexity index is 374. The topological polar surface area (TPSA) is 12.0 Å². The van der Waals surface area contributed by atoms with Crippen molar-refractivity contribution in [3.63, 3.8) is 0 Å². The minimum absolute atomic E-state index is 0.410. The van der Waals surface area contributed by atoms with Gasteiger partial charge in [0.1, 0.15) is 0 Å². The summed E-state index contributed by atoms with van der Waals surface area (Å²) >= 11 is 0. The van der Waals surface area contributed by atoms with Gasteiger partial charge in [0, 0.05) is 8.80 Å². The first-order chi connectivity index (χ1) is 20.8. The van der Waals surface area contributed by atoms with Crippen molar-refractivity contribution in [3.8, 4) is 0 Å². The van der Waals surface area contributed by atoms with Crippen LogP contribution >= 0.6 is 0 Å². The van der Waals surface area contributed by atoms with Gasteiger partial charge < -0.3 is 5.32 Å². The molecule has 1 nitrogen and oxygen atoms in total. The van der Waals surface area contributed by atoms with Gasteiger partial charge in [0.05, 0.1) is 0 Å². The number of rotatable bonds is 35. The predicted octanol–water partition coefficient (Wildman–Crippen LogP) is 14.6. The number of unbranched alkanes of at least 4 members (excludes halogenated alkanes) is 25. The lowest BCUT2D eigenvalue weighted by molar-refractivity contribution is 0.543. The molecule has 0 radical (unpaired) electrons. The summed E-state index contributed by atoms with van der Waals surface area (Å²) in [6.45, 7) is 14.0. The zero-order valence-corrected chi connectivity index (χ0v) is 32.0. The highest BCUT2D eigenvalue weighted by Gasteiger charge is 2.10. The summed E-state index contributed by atoms with van der Waals surface area (Å²) in [4.78, 5) is 0. The molecule has 0 aromatic carbocycles. The largest absolute Gasteiger partial charge is 0.317 e. The van der Waals surface area contributed by atoms with Crippen molar-refractivity contribution in [2.24, 2.45) is 0 Å². The maximum absolute atomic E-state index is 3.57. The molecule has 256 valence electrons. The SMILES string of the molecule is CCCCCCCCNCCCCCCCC.CCCCCCCC[SiH](CCCCCCCC)CCCCCCCC. The molecule has 0 rings (SSSR count). The van der Waals surface area contributed by atoms with Gasteiger partial charge in [0.2, 0.25) is 0 Å². The quantitative estimate of drug-likeness (QED) is 0.0556. The van der Waals surface area contributed by atoms with Gasteiger partial charge in [-0.05, 0) is 25.9 Å². The molecule has 0 aliphatic rings. The Kier molecular flexibility index (Phi) is 45.7. The molecule has 0 amide bonds. The number of hydrogen-bond donors (Lipinski definition) is 1. The third kappa shape index (κ3) is 42.3. The summed E-state index contributed by atoms with van der Waals surface area (Å²) in [5.41, 5.74) is 0. The summed E-state index contributed by atoms with van der Waals surface area (Å²) in [7, 11) is -0.410. The summed E-state index contributed by atoms with van der Waals surface area (Å²) in [5.74, 6) is 0. The summed E-state index contributed by atoms with van der Waals surface area (Å²) in [6, 6.07) is 4.99. The Morgan fingerprint density at radius 2 is 0.476 bits per heavy atom. The third-order valence-electron chi connectivity index (χ3n) is 9.31. The molecule has 0 aromatic rings. The molecule has 2 heteroatoms. The molecule has 42 heavy (non-hydrogen) atoms. The molecule has 1 N–H and O–H groups in total. The molecule has 0 aliphatic heterocycles. The van der Waals surface area contributed by atoms with Crippen molar-refractivity contribution in [2.45, 2.75) is 245 Å². The van der Waals surface area contributed by atoms with Gasteiger partial charge in [-0.3, -0.25) is 0 Å². The molecule has 0 saturated heterocycles. The normalized spacial score (nSPS) is 11.3. The lowest BCUT2D eigenvalue weighted by Gasteiger charge is -2.15. The average Bonchev–Trinajstić information content (AvgIpc) is 3.00. The van der Waals surface area contributed by atoms with E-state index in [-0.39, 0.29) is 0 Å². The Balaban J connectivity index is 0. The fourth-order valence-corrected chi connectivity index (χ4v) is 9.72. The molecule has 0 aliphatic carbocycles. The molecule has 0 bridgehead atoms. The Hall–Kier alpha value is 0.177. The first-order valence-corrected chi connectivity index (χ1v) is 22.9. The van der Waals surface area contributed by atoms with Crippen molar-refractivity contribution >= 4 is 8.80 Å². The second-order valence-corrected chi connectivity index (χ2v) is 17.3. The minimum atomic E-state index is -0.410. The van der Waals surface area contributed by atoms with Gasteiger partial charge in [-0.2, -0.15) is 0 Å². The van der Waals surface area contributed by atoms with E-state index < -0.39 is 8.80 Å². The van der Waals surface area contributed by atoms with E-state index in [9.17, 15) is 0 Å². The summed E-state index contributed by atoms with van der Waals surface area (Å²) in [5, 5.41) is 3.57. The van der Waals surface area contributed by atoms with Crippen LogP contribution in [0.5, 0.6) is 0 Å². The highest BCUT2D eigenvalue weighted by atomic mass is 28.3. The van der Waals surface area contributed by atoms with E-state index in [0.717, 1.165) is 0 Å². The number of nitrogens with one attached hydrogen (secondary N) is 1. The fourth-order valence-electron chi connectivity index (χ4n) is 6.26. The standard InChI is InChI=1S/C24H52Si.C16H35N/c1-4-7-10-13-16-19-22-25(23-20-17-14-11-8-5-2)24-21-18-15-12-9-6-3;1-3-5-7-9-11-13-15-17-16-14-12-10-8-6-4-2/h25H,4-24H2,1-3H3;17H,3-16H2,1-2H3. The summed E-state index contributed by atoms with van der Waals surface area (Å²) < 4.78 is 0. The molecule has 0 aromatic heterocycles. The molecule has 0 fully saturated rings. The third-order valence-corrected chi connectivity index (χ3v) is 13.0. The van der Waals surface area contributed by atoms with E-state index in [1.807, 2.05) is 0 Å². The molecule has 0 saturated carbocycles. The predicted molar refractivity (Wildman–Crippen MR) is 201 cm³/mol. The maximum Gasteiger partial charge on any atom is 0.0367 e. The van der Waals surface area contributed by atoms with Crippen LogP contribution in [-0.4, -0.2) is 21.9 Å². The van der Waals surface area contributed by atoms with E-state index in [4.69, 9.17) is 0 Å². The average molecular weight is 610 g/mol. The zero-order valence-electron chi connectivity index (χ0n) is 30.8. The van der Waals surface area contributed by atoms with Crippen LogP contribution < -0.4 is 5.32 Å². The Labute approximate surface area is 272 Å². The van der Waals surface area contributed by atoms with Crippen LogP contribution in [0.2, 0.25) is 18.1 Å². The lowest BCUT2D eigenvalue weighted by atomic mass is 10.1. The van der Waals surface area contributed by atoms with Crippen LogP contribution in [0.1, 0.15) is 227 Å². The van der Waals surface area contributed by atoms with Gasteiger partial charge in [-0.25, -0.2) is 0 Å². The second kappa shape index (κ2) is 43.3. The van der Waals surface area contributed by atoms with Crippen LogP contribution in [0.25, 0.3) is 0 Å². The van der Waals surface area contributed by atoms with E-state index >= 15 is 0 Å². The first-order valence-electron chi connectivity index (χ1n) is 20.5. The van der Waals surface area contributed by atoms with Gasteiger partial charge in [0.15, 0.2) is 0 Å². The highest BCUT2D eigenvalue weighted by Crippen LogP contribution is 2.20. The lowest BCUT2D eigenvalue weighted by Crippen LogP contribution is -2.16. The second-order valence-electron chi connectivity index (χ2n) is 13.8. The van der Waals surface area contributed by atoms with E-state index in [1.54, 1.807) is 37.4 Å². The number of hydrogen-bond acceptors (Lipinski definition) is 1. The minimum Gasteiger partial charge on any atom is -0.317 e. The van der Waals surface area contributed by atoms with Crippen molar-refractivity contribution < 1.29 is 0 Å². The molecule has 0 atom stereocenters. The van der Waals surface area contributed by atoms with Crippen LogP contribution in [0.4, 0.5) is 0 Å². The molecular formula is C40H87NSi. The van der Waals surface area contributed by atoms with Crippen LogP contribution in [0.15, 0.2) is 0 Å². The maximum atomic E-state index is 3.57. The van der Waals surface area contributed by atoms with Gasteiger partial charge in [-0.1, -0.05) is 233 Å². The van der Waals surface area contributed by atoms with E-state index in [2.05, 4.69) is 39.9 Å². The van der Waals surface area contributed by atoms with Crippen LogP contribution in [0, 0.1) is 0 Å². The van der Waals surface area contributed by atoms with Crippen LogP contribution in [-0.2, 0) is 0 Å². The smallest absolute Gasteiger partial charge is 0.0367 e. The van der Waals surface area contributed by atoms with Crippen molar-refractivity contribution in [1.29, 1.82) is 0 Å². The summed E-state index contributed by atoms with van der Waals surface area (Å²) in [6.07, 6.45) is 43.6. The molecular weight excluding hydrogens is 523 g/mol.